The number of aromatic nitrogens is 4. The molecule has 0 radical (unpaired) electrons. The quantitative estimate of drug-likeness (QED) is 0.757. The van der Waals surface area contributed by atoms with E-state index < -0.39 is 0 Å². The van der Waals surface area contributed by atoms with Crippen LogP contribution in [0.1, 0.15) is 31.6 Å². The number of urea groups is 1. The van der Waals surface area contributed by atoms with Gasteiger partial charge >= 0.3 is 6.03 Å². The molecule has 0 unspecified atom stereocenters. The Morgan fingerprint density at radius 2 is 2.21 bits per heavy atom. The highest BCUT2D eigenvalue weighted by Gasteiger charge is 2.26. The van der Waals surface area contributed by atoms with Gasteiger partial charge in [-0.3, -0.25) is 0 Å². The van der Waals surface area contributed by atoms with E-state index in [0.717, 1.165) is 36.4 Å². The van der Waals surface area contributed by atoms with Crippen molar-refractivity contribution in [3.05, 3.63) is 42.6 Å². The van der Waals surface area contributed by atoms with E-state index in [1.165, 1.54) is 5.39 Å². The fourth-order valence-corrected chi connectivity index (χ4v) is 2.92. The Hall–Kier alpha value is -2.83. The number of nitrogens with zero attached hydrogens (tertiary/aromatic N) is 4. The first kappa shape index (κ1) is 14.7. The molecule has 2 amide bonds. The number of nitrogens with one attached hydrogen (secondary N) is 2. The summed E-state index contributed by atoms with van der Waals surface area (Å²) in [7, 11) is 0. The Morgan fingerprint density at radius 3 is 3.00 bits per heavy atom. The molecule has 2 aromatic heterocycles. The monoisotopic (exact) mass is 324 g/mol. The predicted molar refractivity (Wildman–Crippen MR) is 91.8 cm³/mol. The largest absolute Gasteiger partial charge is 0.348 e. The van der Waals surface area contributed by atoms with Gasteiger partial charge in [0.1, 0.15) is 6.33 Å². The lowest BCUT2D eigenvalue weighted by Gasteiger charge is -2.09. The van der Waals surface area contributed by atoms with Crippen LogP contribution in [-0.2, 0) is 13.1 Å². The van der Waals surface area contributed by atoms with Crippen molar-refractivity contribution in [1.82, 2.24) is 24.6 Å². The van der Waals surface area contributed by atoms with Crippen molar-refractivity contribution in [2.45, 2.75) is 38.9 Å². The van der Waals surface area contributed by atoms with Crippen LogP contribution < -0.4 is 10.6 Å². The van der Waals surface area contributed by atoms with Crippen molar-refractivity contribution < 1.29 is 4.79 Å². The van der Waals surface area contributed by atoms with Gasteiger partial charge in [0.2, 0.25) is 0 Å². The van der Waals surface area contributed by atoms with E-state index >= 15 is 0 Å². The summed E-state index contributed by atoms with van der Waals surface area (Å²) in [6.07, 6.45) is 6.11. The van der Waals surface area contributed by atoms with E-state index in [9.17, 15) is 4.79 Å². The first-order valence-corrected chi connectivity index (χ1v) is 8.26. The normalized spacial score (nSPS) is 14.0. The number of hydrogen-bond acceptors (Lipinski definition) is 3. The molecule has 4 rings (SSSR count). The van der Waals surface area contributed by atoms with Crippen molar-refractivity contribution in [2.24, 2.45) is 0 Å². The zero-order chi connectivity index (χ0) is 16.5. The zero-order valence-corrected chi connectivity index (χ0v) is 13.6. The first-order valence-electron chi connectivity index (χ1n) is 8.26. The van der Waals surface area contributed by atoms with Crippen LogP contribution in [-0.4, -0.2) is 25.4 Å². The van der Waals surface area contributed by atoms with E-state index in [-0.39, 0.29) is 6.03 Å². The van der Waals surface area contributed by atoms with Crippen LogP contribution in [0.2, 0.25) is 0 Å². The second-order valence-electron chi connectivity index (χ2n) is 6.07. The molecule has 7 heteroatoms. The Bertz CT molecular complexity index is 876. The number of aryl methyl sites for hydroxylation is 1. The number of fused-ring (bicyclic) bond motifs is 1. The number of benzene rings is 1. The summed E-state index contributed by atoms with van der Waals surface area (Å²) in [5.74, 6) is 0.794. The molecular formula is C17H20N6O. The van der Waals surface area contributed by atoms with Gasteiger partial charge in [0.05, 0.1) is 12.1 Å². The molecule has 1 fully saturated rings. The SMILES string of the molecule is CCn1ccc2ccc(NC(=O)NCc3nncn3C3CC3)cc21. The second kappa shape index (κ2) is 5.99. The average Bonchev–Trinajstić information content (AvgIpc) is 3.18. The van der Waals surface area contributed by atoms with Crippen LogP contribution >= 0.6 is 0 Å². The number of rotatable bonds is 5. The molecule has 0 atom stereocenters. The lowest BCUT2D eigenvalue weighted by Crippen LogP contribution is -2.29. The van der Waals surface area contributed by atoms with Crippen molar-refractivity contribution in [1.29, 1.82) is 0 Å². The maximum Gasteiger partial charge on any atom is 0.319 e. The molecule has 1 aliphatic rings. The van der Waals surface area contributed by atoms with E-state index in [1.54, 1.807) is 6.33 Å². The first-order chi connectivity index (χ1) is 11.7. The molecule has 24 heavy (non-hydrogen) atoms. The minimum absolute atomic E-state index is 0.241. The van der Waals surface area contributed by atoms with Gasteiger partial charge in [0.15, 0.2) is 5.82 Å². The van der Waals surface area contributed by atoms with Gasteiger partial charge < -0.3 is 19.8 Å². The summed E-state index contributed by atoms with van der Waals surface area (Å²) in [5, 5.41) is 14.9. The fourth-order valence-electron chi connectivity index (χ4n) is 2.92. The molecule has 0 spiro atoms. The highest BCUT2D eigenvalue weighted by molar-refractivity contribution is 5.92. The molecule has 0 bridgehead atoms. The van der Waals surface area contributed by atoms with Gasteiger partial charge in [0, 0.05) is 24.5 Å². The standard InChI is InChI=1S/C17H20N6O/c1-2-22-8-7-12-3-4-13(9-15(12)22)20-17(24)18-10-16-21-19-11-23(16)14-5-6-14/h3-4,7-9,11,14H,2,5-6,10H2,1H3,(H2,18,20,24). The molecule has 1 aromatic carbocycles. The Morgan fingerprint density at radius 1 is 1.33 bits per heavy atom. The summed E-state index contributed by atoms with van der Waals surface area (Å²) in [6.45, 7) is 3.37. The minimum Gasteiger partial charge on any atom is -0.348 e. The van der Waals surface area contributed by atoms with Crippen LogP contribution in [0.5, 0.6) is 0 Å². The molecule has 1 saturated carbocycles. The molecular weight excluding hydrogens is 304 g/mol. The predicted octanol–water partition coefficient (Wildman–Crippen LogP) is 2.91. The number of hydrogen-bond donors (Lipinski definition) is 2. The number of carbonyl (C=O) groups is 1. The highest BCUT2D eigenvalue weighted by Crippen LogP contribution is 2.35. The molecule has 0 aliphatic heterocycles. The highest BCUT2D eigenvalue weighted by atomic mass is 16.2. The third-order valence-electron chi connectivity index (χ3n) is 4.37. The summed E-state index contributed by atoms with van der Waals surface area (Å²) >= 11 is 0. The van der Waals surface area contributed by atoms with Gasteiger partial charge in [-0.25, -0.2) is 4.79 Å². The van der Waals surface area contributed by atoms with Crippen molar-refractivity contribution >= 4 is 22.6 Å². The van der Waals surface area contributed by atoms with Crippen LogP contribution in [0.3, 0.4) is 0 Å². The maximum atomic E-state index is 12.1. The molecule has 3 aromatic rings. The summed E-state index contributed by atoms with van der Waals surface area (Å²) in [5.41, 5.74) is 1.89. The Labute approximate surface area is 139 Å². The molecule has 2 N–H and O–H groups in total. The minimum atomic E-state index is -0.241. The van der Waals surface area contributed by atoms with Gasteiger partial charge in [0.25, 0.3) is 0 Å². The third kappa shape index (κ3) is 2.84. The maximum absolute atomic E-state index is 12.1. The summed E-state index contributed by atoms with van der Waals surface area (Å²) in [6, 6.07) is 8.26. The third-order valence-corrected chi connectivity index (χ3v) is 4.37. The van der Waals surface area contributed by atoms with Crippen LogP contribution in [0, 0.1) is 0 Å². The fraction of sp³-hybridized carbons (Fsp3) is 0.353. The second-order valence-corrected chi connectivity index (χ2v) is 6.07. The van der Waals surface area contributed by atoms with Crippen molar-refractivity contribution in [2.75, 3.05) is 5.32 Å². The molecule has 0 saturated heterocycles. The van der Waals surface area contributed by atoms with Crippen LogP contribution in [0.25, 0.3) is 10.9 Å². The zero-order valence-electron chi connectivity index (χ0n) is 13.6. The van der Waals surface area contributed by atoms with Gasteiger partial charge in [-0.05, 0) is 43.4 Å². The Kier molecular flexibility index (Phi) is 3.68. The lowest BCUT2D eigenvalue weighted by molar-refractivity contribution is 0.251. The van der Waals surface area contributed by atoms with Gasteiger partial charge in [-0.1, -0.05) is 6.07 Å². The Balaban J connectivity index is 1.41. The van der Waals surface area contributed by atoms with Crippen molar-refractivity contribution in [3.8, 4) is 0 Å². The summed E-state index contributed by atoms with van der Waals surface area (Å²) < 4.78 is 4.19. The van der Waals surface area contributed by atoms with E-state index in [0.29, 0.717) is 12.6 Å². The number of carbonyl (C=O) groups excluding carboxylic acids is 1. The molecule has 2 heterocycles. The lowest BCUT2D eigenvalue weighted by atomic mass is 10.2. The molecule has 1 aliphatic carbocycles. The van der Waals surface area contributed by atoms with E-state index in [1.807, 2.05) is 22.8 Å². The van der Waals surface area contributed by atoms with E-state index in [2.05, 4.69) is 44.6 Å². The molecule has 124 valence electrons. The topological polar surface area (TPSA) is 76.8 Å². The smallest absolute Gasteiger partial charge is 0.319 e. The molecule has 7 nitrogen and oxygen atoms in total. The number of amides is 2. The van der Waals surface area contributed by atoms with Gasteiger partial charge in [-0.15, -0.1) is 10.2 Å². The van der Waals surface area contributed by atoms with Gasteiger partial charge in [-0.2, -0.15) is 0 Å². The average molecular weight is 324 g/mol. The summed E-state index contributed by atoms with van der Waals surface area (Å²) in [4.78, 5) is 12.1. The van der Waals surface area contributed by atoms with Crippen LogP contribution in [0.15, 0.2) is 36.8 Å². The van der Waals surface area contributed by atoms with E-state index in [4.69, 9.17) is 0 Å². The van der Waals surface area contributed by atoms with Crippen LogP contribution in [0.4, 0.5) is 10.5 Å². The number of anilines is 1. The van der Waals surface area contributed by atoms with Crippen molar-refractivity contribution in [3.63, 3.8) is 0 Å².